The number of amides is 1. The van der Waals surface area contributed by atoms with Crippen LogP contribution in [0.4, 0.5) is 5.69 Å². The van der Waals surface area contributed by atoms with Crippen LogP contribution in [-0.4, -0.2) is 60.2 Å². The summed E-state index contributed by atoms with van der Waals surface area (Å²) in [5.74, 6) is 0.800. The first-order chi connectivity index (χ1) is 14.7. The standard InChI is InChI=1S/C23H24ClN5O/c24-18-9-10-20-19(13-18)23(17-7-3-1-4-8-17)25-14-21-26-29(22(30)15-28(20)21)16-27-11-5-2-6-12-27/h1,3-4,7-10,13H,2,5-6,11-12,14-16H2. The molecular formula is C23H24ClN5O. The van der Waals surface area contributed by atoms with Crippen molar-refractivity contribution in [3.05, 3.63) is 64.7 Å². The van der Waals surface area contributed by atoms with Crippen LogP contribution in [0.1, 0.15) is 30.4 Å². The van der Waals surface area contributed by atoms with Gasteiger partial charge in [-0.1, -0.05) is 48.4 Å². The van der Waals surface area contributed by atoms with Gasteiger partial charge >= 0.3 is 0 Å². The number of benzene rings is 2. The van der Waals surface area contributed by atoms with Gasteiger partial charge in [0.15, 0.2) is 5.84 Å². The number of halogens is 1. The van der Waals surface area contributed by atoms with E-state index in [1.54, 1.807) is 5.01 Å². The number of rotatable bonds is 3. The summed E-state index contributed by atoms with van der Waals surface area (Å²) in [6.45, 7) is 3.28. The molecule has 7 heteroatoms. The molecule has 0 aliphatic carbocycles. The van der Waals surface area contributed by atoms with Gasteiger partial charge in [0, 0.05) is 16.1 Å². The van der Waals surface area contributed by atoms with Crippen LogP contribution in [0.3, 0.4) is 0 Å². The zero-order valence-corrected chi connectivity index (χ0v) is 17.6. The van der Waals surface area contributed by atoms with E-state index in [2.05, 4.69) is 4.90 Å². The molecule has 0 unspecified atom stereocenters. The maximum absolute atomic E-state index is 13.0. The zero-order chi connectivity index (χ0) is 20.5. The first kappa shape index (κ1) is 19.3. The number of fused-ring (bicyclic) bond motifs is 3. The molecule has 5 rings (SSSR count). The summed E-state index contributed by atoms with van der Waals surface area (Å²) in [5.41, 5.74) is 3.75. The van der Waals surface area contributed by atoms with Gasteiger partial charge in [0.25, 0.3) is 5.91 Å². The molecule has 1 amide bonds. The highest BCUT2D eigenvalue weighted by Crippen LogP contribution is 2.31. The van der Waals surface area contributed by atoms with Crippen molar-refractivity contribution < 1.29 is 4.79 Å². The fourth-order valence-electron chi connectivity index (χ4n) is 4.31. The summed E-state index contributed by atoms with van der Waals surface area (Å²) >= 11 is 6.33. The summed E-state index contributed by atoms with van der Waals surface area (Å²) in [7, 11) is 0. The number of likely N-dealkylation sites (tertiary alicyclic amines) is 1. The summed E-state index contributed by atoms with van der Waals surface area (Å²) in [6, 6.07) is 15.8. The summed E-state index contributed by atoms with van der Waals surface area (Å²) in [6.07, 6.45) is 3.64. The van der Waals surface area contributed by atoms with E-state index in [0.717, 1.165) is 41.5 Å². The fraction of sp³-hybridized carbons (Fsp3) is 0.348. The molecule has 0 aromatic heterocycles. The number of amidine groups is 1. The van der Waals surface area contributed by atoms with E-state index < -0.39 is 0 Å². The van der Waals surface area contributed by atoms with Crippen molar-refractivity contribution in [2.24, 2.45) is 10.1 Å². The van der Waals surface area contributed by atoms with Crippen molar-refractivity contribution in [2.45, 2.75) is 19.3 Å². The number of aliphatic imine (C=N–C) groups is 1. The topological polar surface area (TPSA) is 51.5 Å². The molecule has 3 aliphatic heterocycles. The van der Waals surface area contributed by atoms with E-state index >= 15 is 0 Å². The Morgan fingerprint density at radius 1 is 1.00 bits per heavy atom. The van der Waals surface area contributed by atoms with Crippen LogP contribution in [0.25, 0.3) is 0 Å². The van der Waals surface area contributed by atoms with Crippen molar-refractivity contribution in [1.29, 1.82) is 0 Å². The van der Waals surface area contributed by atoms with E-state index in [0.29, 0.717) is 18.2 Å². The summed E-state index contributed by atoms with van der Waals surface area (Å²) in [5, 5.41) is 7.00. The van der Waals surface area contributed by atoms with Crippen molar-refractivity contribution in [2.75, 3.05) is 37.7 Å². The predicted molar refractivity (Wildman–Crippen MR) is 120 cm³/mol. The quantitative estimate of drug-likeness (QED) is 0.760. The van der Waals surface area contributed by atoms with E-state index in [1.165, 1.54) is 19.3 Å². The lowest BCUT2D eigenvalue weighted by atomic mass is 10.00. The molecule has 2 aromatic carbocycles. The van der Waals surface area contributed by atoms with Crippen LogP contribution >= 0.6 is 11.6 Å². The lowest BCUT2D eigenvalue weighted by Crippen LogP contribution is -2.51. The van der Waals surface area contributed by atoms with E-state index in [9.17, 15) is 4.79 Å². The SMILES string of the molecule is O=C1CN2C(=NN1CN1CCCCC1)CN=C(c1ccccc1)c1cc(Cl)ccc12. The molecule has 0 saturated carbocycles. The zero-order valence-electron chi connectivity index (χ0n) is 16.8. The lowest BCUT2D eigenvalue weighted by molar-refractivity contribution is -0.132. The van der Waals surface area contributed by atoms with Crippen molar-refractivity contribution >= 4 is 34.7 Å². The summed E-state index contributed by atoms with van der Waals surface area (Å²) < 4.78 is 0. The van der Waals surface area contributed by atoms with Gasteiger partial charge in [-0.3, -0.25) is 14.7 Å². The van der Waals surface area contributed by atoms with E-state index in [4.69, 9.17) is 21.7 Å². The van der Waals surface area contributed by atoms with Crippen molar-refractivity contribution in [1.82, 2.24) is 9.91 Å². The number of carbonyl (C=O) groups is 1. The number of hydrazone groups is 1. The van der Waals surface area contributed by atoms with Crippen molar-refractivity contribution in [3.8, 4) is 0 Å². The summed E-state index contributed by atoms with van der Waals surface area (Å²) in [4.78, 5) is 22.1. The average molecular weight is 422 g/mol. The molecular weight excluding hydrogens is 398 g/mol. The third-order valence-electron chi connectivity index (χ3n) is 5.84. The highest BCUT2D eigenvalue weighted by Gasteiger charge is 2.32. The highest BCUT2D eigenvalue weighted by molar-refractivity contribution is 6.32. The third kappa shape index (κ3) is 3.73. The van der Waals surface area contributed by atoms with Crippen LogP contribution in [0, 0.1) is 0 Å². The van der Waals surface area contributed by atoms with Crippen LogP contribution in [0.2, 0.25) is 5.02 Å². The Morgan fingerprint density at radius 2 is 1.80 bits per heavy atom. The Kier molecular flexibility index (Phi) is 5.27. The lowest BCUT2D eigenvalue weighted by Gasteiger charge is -2.36. The normalized spacial score (nSPS) is 19.6. The molecule has 0 bridgehead atoms. The molecule has 0 N–H and O–H groups in total. The monoisotopic (exact) mass is 421 g/mol. The number of hydrogen-bond donors (Lipinski definition) is 0. The Morgan fingerprint density at radius 3 is 2.60 bits per heavy atom. The number of piperidine rings is 1. The van der Waals surface area contributed by atoms with Crippen LogP contribution in [-0.2, 0) is 4.79 Å². The van der Waals surface area contributed by atoms with Gasteiger partial charge in [-0.2, -0.15) is 5.10 Å². The second-order valence-corrected chi connectivity index (χ2v) is 8.34. The van der Waals surface area contributed by atoms with Gasteiger partial charge in [-0.25, -0.2) is 5.01 Å². The minimum absolute atomic E-state index is 0.00776. The molecule has 30 heavy (non-hydrogen) atoms. The van der Waals surface area contributed by atoms with Crippen LogP contribution in [0.15, 0.2) is 58.6 Å². The van der Waals surface area contributed by atoms with E-state index in [1.807, 2.05) is 53.4 Å². The molecule has 0 spiro atoms. The first-order valence-corrected chi connectivity index (χ1v) is 10.8. The predicted octanol–water partition coefficient (Wildman–Crippen LogP) is 3.60. The number of nitrogens with zero attached hydrogens (tertiary/aromatic N) is 5. The van der Waals surface area contributed by atoms with Gasteiger partial charge in [-0.15, -0.1) is 0 Å². The molecule has 2 aromatic rings. The molecule has 6 nitrogen and oxygen atoms in total. The Hall–Kier alpha value is -2.70. The molecule has 3 aliphatic rings. The van der Waals surface area contributed by atoms with Crippen LogP contribution < -0.4 is 4.90 Å². The van der Waals surface area contributed by atoms with Gasteiger partial charge in [0.1, 0.15) is 6.54 Å². The highest BCUT2D eigenvalue weighted by atomic mass is 35.5. The molecule has 154 valence electrons. The van der Waals surface area contributed by atoms with Gasteiger partial charge < -0.3 is 4.90 Å². The fourth-order valence-corrected chi connectivity index (χ4v) is 4.48. The minimum Gasteiger partial charge on any atom is -0.317 e. The number of hydrogen-bond acceptors (Lipinski definition) is 5. The number of anilines is 1. The van der Waals surface area contributed by atoms with Gasteiger partial charge in [-0.05, 0) is 44.1 Å². The maximum Gasteiger partial charge on any atom is 0.263 e. The molecule has 0 atom stereocenters. The molecule has 3 heterocycles. The maximum atomic E-state index is 13.0. The molecule has 0 radical (unpaired) electrons. The second-order valence-electron chi connectivity index (χ2n) is 7.91. The number of carbonyl (C=O) groups excluding carboxylic acids is 1. The van der Waals surface area contributed by atoms with Gasteiger partial charge in [0.05, 0.1) is 24.6 Å². The minimum atomic E-state index is 0.00776. The third-order valence-corrected chi connectivity index (χ3v) is 6.08. The molecule has 1 fully saturated rings. The van der Waals surface area contributed by atoms with Crippen molar-refractivity contribution in [3.63, 3.8) is 0 Å². The van der Waals surface area contributed by atoms with Crippen LogP contribution in [0.5, 0.6) is 0 Å². The first-order valence-electron chi connectivity index (χ1n) is 10.5. The second kappa shape index (κ2) is 8.20. The van der Waals surface area contributed by atoms with E-state index in [-0.39, 0.29) is 12.5 Å². The largest absolute Gasteiger partial charge is 0.317 e. The Balaban J connectivity index is 1.53. The van der Waals surface area contributed by atoms with Gasteiger partial charge in [0.2, 0.25) is 0 Å². The molecule has 1 saturated heterocycles. The smallest absolute Gasteiger partial charge is 0.263 e. The average Bonchev–Trinajstić information content (AvgIpc) is 2.92. The Labute approximate surface area is 181 Å². The Bertz CT molecular complexity index is 1010.